The minimum absolute atomic E-state index is 0.237. The SMILES string of the molecule is [O]=[Sb](=[O])[c]1ccccn1. The third-order valence-electron chi connectivity index (χ3n) is 0.836. The molecule has 3 nitrogen and oxygen atoms in total. The predicted molar refractivity (Wildman–Crippen MR) is 31.0 cm³/mol. The number of aromatic nitrogens is 1. The Kier molecular flexibility index (Phi) is 2.17. The van der Waals surface area contributed by atoms with E-state index in [2.05, 4.69) is 4.98 Å². The molecule has 0 atom stereocenters. The van der Waals surface area contributed by atoms with Crippen LogP contribution in [-0.2, 0) is 6.03 Å². The van der Waals surface area contributed by atoms with Crippen LogP contribution in [0.15, 0.2) is 24.4 Å². The van der Waals surface area contributed by atoms with E-state index in [4.69, 9.17) is 0 Å². The van der Waals surface area contributed by atoms with Gasteiger partial charge in [-0.15, -0.1) is 0 Å². The zero-order valence-electron chi connectivity index (χ0n) is 4.52. The van der Waals surface area contributed by atoms with Crippen LogP contribution in [-0.4, -0.2) is 25.2 Å². The Labute approximate surface area is 59.5 Å². The third-order valence-corrected chi connectivity index (χ3v) is 2.66. The van der Waals surface area contributed by atoms with Gasteiger partial charge in [-0.05, 0) is 0 Å². The summed E-state index contributed by atoms with van der Waals surface area (Å²) < 4.78 is 20.8. The molecule has 1 aromatic rings. The summed E-state index contributed by atoms with van der Waals surface area (Å²) in [7, 11) is 0. The van der Waals surface area contributed by atoms with Crippen LogP contribution in [0.3, 0.4) is 0 Å². The summed E-state index contributed by atoms with van der Waals surface area (Å²) in [5.41, 5.74) is 0. The van der Waals surface area contributed by atoms with Gasteiger partial charge in [0.25, 0.3) is 0 Å². The van der Waals surface area contributed by atoms with Crippen LogP contribution in [0.5, 0.6) is 0 Å². The molecule has 0 aliphatic rings. The molecule has 0 aromatic carbocycles. The van der Waals surface area contributed by atoms with Crippen molar-refractivity contribution in [3.8, 4) is 0 Å². The molecule has 0 radical (unpaired) electrons. The van der Waals surface area contributed by atoms with E-state index in [1.807, 2.05) is 0 Å². The summed E-state index contributed by atoms with van der Waals surface area (Å²) in [6.07, 6.45) is 1.47. The van der Waals surface area contributed by atoms with Gasteiger partial charge in [0.2, 0.25) is 0 Å². The summed E-state index contributed by atoms with van der Waals surface area (Å²) in [6, 6.07) is 4.85. The monoisotopic (exact) mass is 231 g/mol. The van der Waals surface area contributed by atoms with Crippen LogP contribution in [0.2, 0.25) is 0 Å². The van der Waals surface area contributed by atoms with Crippen molar-refractivity contribution in [1.82, 2.24) is 4.98 Å². The minimum atomic E-state index is -3.52. The zero-order valence-corrected chi connectivity index (χ0v) is 7.07. The summed E-state index contributed by atoms with van der Waals surface area (Å²) in [6.45, 7) is 0. The molecule has 0 fully saturated rings. The van der Waals surface area contributed by atoms with Crippen molar-refractivity contribution < 1.29 is 6.03 Å². The molecular formula is C5H4NO2Sb. The third kappa shape index (κ3) is 1.75. The van der Waals surface area contributed by atoms with E-state index in [1.165, 1.54) is 12.3 Å². The van der Waals surface area contributed by atoms with Crippen LogP contribution >= 0.6 is 0 Å². The fraction of sp³-hybridized carbons (Fsp3) is 0. The Morgan fingerprint density at radius 3 is 2.44 bits per heavy atom. The number of pyridine rings is 1. The van der Waals surface area contributed by atoms with Crippen molar-refractivity contribution >= 4 is 23.8 Å². The van der Waals surface area contributed by atoms with Gasteiger partial charge in [0, 0.05) is 0 Å². The Morgan fingerprint density at radius 1 is 1.33 bits per heavy atom. The maximum absolute atomic E-state index is 10.3. The quantitative estimate of drug-likeness (QED) is 0.621. The Bertz CT molecular complexity index is 247. The van der Waals surface area contributed by atoms with Crippen LogP contribution in [0.25, 0.3) is 0 Å². The maximum atomic E-state index is 10.3. The number of nitrogens with zero attached hydrogens (tertiary/aromatic N) is 1. The average molecular weight is 232 g/mol. The van der Waals surface area contributed by atoms with Gasteiger partial charge in [-0.2, -0.15) is 0 Å². The summed E-state index contributed by atoms with van der Waals surface area (Å²) in [5, 5.41) is 0. The van der Waals surface area contributed by atoms with Gasteiger partial charge in [0.05, 0.1) is 0 Å². The van der Waals surface area contributed by atoms with Gasteiger partial charge in [0.15, 0.2) is 0 Å². The van der Waals surface area contributed by atoms with Crippen LogP contribution in [0.4, 0.5) is 0 Å². The molecular weight excluding hydrogens is 228 g/mol. The van der Waals surface area contributed by atoms with E-state index in [0.717, 1.165) is 0 Å². The Hall–Kier alpha value is -0.432. The number of hydrogen-bond acceptors (Lipinski definition) is 3. The van der Waals surface area contributed by atoms with Gasteiger partial charge >= 0.3 is 59.2 Å². The molecule has 1 rings (SSSR count). The van der Waals surface area contributed by atoms with Gasteiger partial charge in [-0.3, -0.25) is 0 Å². The molecule has 0 saturated heterocycles. The molecule has 0 bridgehead atoms. The predicted octanol–water partition coefficient (Wildman–Crippen LogP) is -0.362. The first-order valence-corrected chi connectivity index (χ1v) is 5.72. The van der Waals surface area contributed by atoms with Crippen LogP contribution in [0, 0.1) is 0 Å². The molecule has 0 spiro atoms. The second-order valence-electron chi connectivity index (χ2n) is 1.45. The first kappa shape index (κ1) is 6.68. The topological polar surface area (TPSA) is 47.0 Å². The first-order valence-electron chi connectivity index (χ1n) is 2.36. The van der Waals surface area contributed by atoms with Crippen molar-refractivity contribution in [2.45, 2.75) is 0 Å². The van der Waals surface area contributed by atoms with Gasteiger partial charge in [-0.25, -0.2) is 0 Å². The van der Waals surface area contributed by atoms with Gasteiger partial charge < -0.3 is 0 Å². The molecule has 0 amide bonds. The summed E-state index contributed by atoms with van der Waals surface area (Å²) in [4.78, 5) is 3.63. The van der Waals surface area contributed by atoms with E-state index in [-0.39, 0.29) is 3.64 Å². The van der Waals surface area contributed by atoms with Gasteiger partial charge in [-0.1, -0.05) is 0 Å². The van der Waals surface area contributed by atoms with Crippen LogP contribution < -0.4 is 3.64 Å². The van der Waals surface area contributed by atoms with Crippen molar-refractivity contribution in [1.29, 1.82) is 0 Å². The number of hydrogen-bond donors (Lipinski definition) is 0. The number of rotatable bonds is 1. The second kappa shape index (κ2) is 2.92. The normalized spacial score (nSPS) is 8.89. The molecule has 1 heterocycles. The fourth-order valence-corrected chi connectivity index (χ4v) is 1.51. The first-order chi connectivity index (χ1) is 4.30. The van der Waals surface area contributed by atoms with E-state index in [0.29, 0.717) is 0 Å². The second-order valence-corrected chi connectivity index (χ2v) is 4.22. The molecule has 9 heavy (non-hydrogen) atoms. The fourth-order valence-electron chi connectivity index (χ4n) is 0.462. The molecule has 0 N–H and O–H groups in total. The van der Waals surface area contributed by atoms with E-state index in [1.54, 1.807) is 12.1 Å². The molecule has 0 aliphatic heterocycles. The standard InChI is InChI=1S/C5H4N.2O.Sb/c1-2-4-6-5-3-1;;;/h1-4H;;;. The Balaban J connectivity index is 3.13. The van der Waals surface area contributed by atoms with E-state index < -0.39 is 20.2 Å². The van der Waals surface area contributed by atoms with E-state index >= 15 is 0 Å². The average Bonchev–Trinajstić information content (AvgIpc) is 1.90. The molecule has 46 valence electrons. The summed E-state index contributed by atoms with van der Waals surface area (Å²) in [5.74, 6) is 0. The van der Waals surface area contributed by atoms with Crippen molar-refractivity contribution in [3.05, 3.63) is 24.4 Å². The van der Waals surface area contributed by atoms with Crippen molar-refractivity contribution in [3.63, 3.8) is 0 Å². The van der Waals surface area contributed by atoms with E-state index in [9.17, 15) is 6.03 Å². The Morgan fingerprint density at radius 2 is 2.11 bits per heavy atom. The van der Waals surface area contributed by atoms with Gasteiger partial charge in [0.1, 0.15) is 0 Å². The molecule has 0 saturated carbocycles. The van der Waals surface area contributed by atoms with Crippen LogP contribution in [0.1, 0.15) is 0 Å². The molecule has 1 aromatic heterocycles. The molecule has 4 heteroatoms. The molecule has 0 unspecified atom stereocenters. The summed E-state index contributed by atoms with van der Waals surface area (Å²) >= 11 is -3.52. The van der Waals surface area contributed by atoms with Crippen molar-refractivity contribution in [2.75, 3.05) is 0 Å². The van der Waals surface area contributed by atoms with Crippen molar-refractivity contribution in [2.24, 2.45) is 0 Å². The molecule has 0 aliphatic carbocycles. The zero-order chi connectivity index (χ0) is 6.69.